The second-order valence-corrected chi connectivity index (χ2v) is 8.31. The second-order valence-electron chi connectivity index (χ2n) is 6.33. The fraction of sp³-hybridized carbons (Fsp3) is 0.238. The van der Waals surface area contributed by atoms with Crippen molar-refractivity contribution >= 4 is 57.8 Å². The van der Waals surface area contributed by atoms with Gasteiger partial charge in [0.25, 0.3) is 0 Å². The van der Waals surface area contributed by atoms with Gasteiger partial charge in [0.15, 0.2) is 0 Å². The van der Waals surface area contributed by atoms with Crippen molar-refractivity contribution in [2.75, 3.05) is 49.2 Å². The minimum atomic E-state index is -0.409. The van der Waals surface area contributed by atoms with E-state index in [0.717, 1.165) is 43.5 Å². The summed E-state index contributed by atoms with van der Waals surface area (Å²) in [4.78, 5) is 6.49. The van der Waals surface area contributed by atoms with Crippen molar-refractivity contribution in [3.8, 4) is 6.07 Å². The molecule has 0 unspecified atom stereocenters. The van der Waals surface area contributed by atoms with Gasteiger partial charge in [-0.1, -0.05) is 11.6 Å². The van der Waals surface area contributed by atoms with Gasteiger partial charge in [0.05, 0.1) is 44.1 Å². The summed E-state index contributed by atoms with van der Waals surface area (Å²) in [6, 6.07) is 10.4. The van der Waals surface area contributed by atoms with Gasteiger partial charge in [-0.2, -0.15) is 5.26 Å². The number of hydrogen-bond acceptors (Lipinski definition) is 9. The van der Waals surface area contributed by atoms with Crippen LogP contribution in [0.1, 0.15) is 5.56 Å². The molecule has 1 heterocycles. The molecule has 11 heteroatoms. The van der Waals surface area contributed by atoms with Gasteiger partial charge in [0, 0.05) is 38.7 Å². The number of hydrogen-bond donors (Lipinski definition) is 4. The molecule has 0 amide bonds. The Morgan fingerprint density at radius 3 is 2.72 bits per heavy atom. The molecule has 0 radical (unpaired) electrons. The highest BCUT2D eigenvalue weighted by Crippen LogP contribution is 2.36. The van der Waals surface area contributed by atoms with Crippen molar-refractivity contribution in [2.45, 2.75) is 4.90 Å². The largest absolute Gasteiger partial charge is 0.400 e. The molecule has 0 saturated carbocycles. The van der Waals surface area contributed by atoms with Crippen LogP contribution in [0.15, 0.2) is 46.1 Å². The number of nitrogens with zero attached hydrogens (tertiary/aromatic N) is 3. The summed E-state index contributed by atoms with van der Waals surface area (Å²) in [5, 5.41) is 24.8. The predicted octanol–water partition coefficient (Wildman–Crippen LogP) is 4.93. The van der Waals surface area contributed by atoms with Crippen molar-refractivity contribution in [3.05, 3.63) is 57.6 Å². The zero-order valence-corrected chi connectivity index (χ0v) is 20.2. The normalized spacial score (nSPS) is 10.0. The molecule has 0 aliphatic rings. The van der Waals surface area contributed by atoms with Gasteiger partial charge in [-0.3, -0.25) is 0 Å². The molecule has 0 bridgehead atoms. The molecule has 3 aromatic rings. The van der Waals surface area contributed by atoms with E-state index in [0.29, 0.717) is 27.0 Å². The van der Waals surface area contributed by atoms with Crippen LogP contribution in [0.25, 0.3) is 0 Å². The van der Waals surface area contributed by atoms with Crippen molar-refractivity contribution in [1.29, 1.82) is 5.26 Å². The molecule has 0 saturated heterocycles. The summed E-state index contributed by atoms with van der Waals surface area (Å²) in [5.41, 5.74) is 4.24. The molecule has 32 heavy (non-hydrogen) atoms. The molecule has 2 aromatic carbocycles. The third kappa shape index (κ3) is 6.98. The summed E-state index contributed by atoms with van der Waals surface area (Å²) >= 11 is 8.99. The third-order valence-corrected chi connectivity index (χ3v) is 5.97. The fourth-order valence-corrected chi connectivity index (χ4v) is 4.13. The zero-order chi connectivity index (χ0) is 23.5. The molecular weight excluding hydrogens is 471 g/mol. The Morgan fingerprint density at radius 1 is 1.28 bits per heavy atom. The topological polar surface area (TPSA) is 96.2 Å². The summed E-state index contributed by atoms with van der Waals surface area (Å²) in [5.74, 6) is 0.253. The van der Waals surface area contributed by atoms with Gasteiger partial charge >= 0.3 is 0 Å². The monoisotopic (exact) mass is 494 g/mol. The van der Waals surface area contributed by atoms with Crippen LogP contribution in [0, 0.1) is 17.1 Å². The first-order chi connectivity index (χ1) is 15.5. The number of halogens is 2. The molecule has 7 nitrogen and oxygen atoms in total. The Kier molecular flexibility index (Phi) is 10.5. The molecule has 4 N–H and O–H groups in total. The Hall–Kier alpha value is -2.55. The summed E-state index contributed by atoms with van der Waals surface area (Å²) in [7, 11) is 4.81. The maximum Gasteiger partial charge on any atom is 0.147 e. The number of aliphatic hydroxyl groups excluding tert-OH is 1. The Labute approximate surface area is 200 Å². The molecule has 0 atom stereocenters. The maximum atomic E-state index is 14.7. The predicted molar refractivity (Wildman–Crippen MR) is 133 cm³/mol. The highest BCUT2D eigenvalue weighted by atomic mass is 35.5. The highest BCUT2D eigenvalue weighted by molar-refractivity contribution is 8.00. The van der Waals surface area contributed by atoms with E-state index in [2.05, 4.69) is 26.4 Å². The molecule has 0 aliphatic heterocycles. The molecular formula is C21H24ClFN6OS2. The van der Waals surface area contributed by atoms with Gasteiger partial charge in [-0.25, -0.2) is 9.37 Å². The maximum absolute atomic E-state index is 14.7. The summed E-state index contributed by atoms with van der Waals surface area (Å²) in [6.45, 7) is 1.51. The molecule has 0 spiro atoms. The minimum absolute atomic E-state index is 0.366. The van der Waals surface area contributed by atoms with E-state index in [-0.39, 0.29) is 0 Å². The number of benzene rings is 2. The number of thiazole rings is 1. The third-order valence-electron chi connectivity index (χ3n) is 4.22. The molecule has 170 valence electrons. The molecule has 0 fully saturated rings. The Balaban J connectivity index is 0.00000176. The van der Waals surface area contributed by atoms with Crippen molar-refractivity contribution in [1.82, 2.24) is 10.3 Å². The van der Waals surface area contributed by atoms with Crippen LogP contribution in [0.5, 0.6) is 0 Å². The first-order valence-electron chi connectivity index (χ1n) is 9.43. The van der Waals surface area contributed by atoms with E-state index in [1.165, 1.54) is 17.4 Å². The van der Waals surface area contributed by atoms with Crippen LogP contribution in [0.4, 0.5) is 27.3 Å². The Morgan fingerprint density at radius 2 is 2.06 bits per heavy atom. The van der Waals surface area contributed by atoms with Gasteiger partial charge in [0.2, 0.25) is 0 Å². The molecule has 0 aliphatic carbocycles. The van der Waals surface area contributed by atoms with Crippen LogP contribution in [0.2, 0.25) is 5.02 Å². The van der Waals surface area contributed by atoms with Gasteiger partial charge in [-0.05, 0) is 43.3 Å². The quantitative estimate of drug-likeness (QED) is 0.311. The van der Waals surface area contributed by atoms with E-state index in [4.69, 9.17) is 16.7 Å². The number of rotatable bonds is 9. The smallest absolute Gasteiger partial charge is 0.147 e. The number of nitriles is 1. The van der Waals surface area contributed by atoms with Crippen LogP contribution in [-0.2, 0) is 0 Å². The highest BCUT2D eigenvalue weighted by Gasteiger charge is 2.14. The van der Waals surface area contributed by atoms with E-state index >= 15 is 0 Å². The Bertz CT molecular complexity index is 1050. The number of nitrogens with one attached hydrogen (secondary N) is 3. The number of likely N-dealkylation sites (N-methyl/N-ethyl adjacent to an activating group) is 2. The van der Waals surface area contributed by atoms with E-state index in [9.17, 15) is 9.65 Å². The lowest BCUT2D eigenvalue weighted by Gasteiger charge is -2.23. The van der Waals surface area contributed by atoms with Gasteiger partial charge in [0.1, 0.15) is 11.6 Å². The van der Waals surface area contributed by atoms with Gasteiger partial charge in [-0.15, -0.1) is 11.3 Å². The second kappa shape index (κ2) is 13.1. The summed E-state index contributed by atoms with van der Waals surface area (Å²) in [6.07, 6.45) is 0. The molecule has 1 aromatic heterocycles. The van der Waals surface area contributed by atoms with E-state index in [1.54, 1.807) is 29.8 Å². The first-order valence-corrected chi connectivity index (χ1v) is 11.6. The van der Waals surface area contributed by atoms with Crippen LogP contribution in [0.3, 0.4) is 0 Å². The van der Waals surface area contributed by atoms with Crippen LogP contribution in [-0.4, -0.2) is 44.4 Å². The van der Waals surface area contributed by atoms with E-state index < -0.39 is 5.82 Å². The lowest BCUT2D eigenvalue weighted by molar-refractivity contribution is 0.399. The van der Waals surface area contributed by atoms with Crippen LogP contribution < -0.4 is 20.3 Å². The average Bonchev–Trinajstić information content (AvgIpc) is 3.34. The van der Waals surface area contributed by atoms with Gasteiger partial charge < -0.3 is 25.4 Å². The number of aliphatic hydroxyl groups is 1. The minimum Gasteiger partial charge on any atom is -0.400 e. The van der Waals surface area contributed by atoms with Crippen molar-refractivity contribution < 1.29 is 9.50 Å². The van der Waals surface area contributed by atoms with Crippen molar-refractivity contribution in [2.24, 2.45) is 0 Å². The lowest BCUT2D eigenvalue weighted by Crippen LogP contribution is -2.27. The average molecular weight is 495 g/mol. The number of aromatic nitrogens is 1. The fourth-order valence-electron chi connectivity index (χ4n) is 2.64. The molecule has 3 rings (SSSR count). The SMILES string of the molecule is CNCCN(C)c1cc(C#N)ccc1Nc1cc(F)c(SNc2cscn2)cc1Cl.CO. The van der Waals surface area contributed by atoms with E-state index in [1.807, 2.05) is 24.4 Å². The lowest BCUT2D eigenvalue weighted by atomic mass is 10.1. The number of anilines is 4. The summed E-state index contributed by atoms with van der Waals surface area (Å²) < 4.78 is 17.7. The van der Waals surface area contributed by atoms with Crippen LogP contribution >= 0.6 is 34.9 Å². The first kappa shape index (κ1) is 25.7. The standard InChI is InChI=1S/C20H20ClFN6S2.CH4O/c1-24-5-6-28(2)18-7-13(10-23)3-4-16(18)26-17-9-15(22)19(8-14(17)21)30-27-20-11-29-12-25-20;1-2/h3-4,7-9,11-12,24,26-27H,5-6H2,1-2H3;2H,1H3. The zero-order valence-electron chi connectivity index (χ0n) is 17.8. The van der Waals surface area contributed by atoms with Crippen molar-refractivity contribution in [3.63, 3.8) is 0 Å².